The van der Waals surface area contributed by atoms with Crippen LogP contribution in [0.5, 0.6) is 11.5 Å². The lowest BCUT2D eigenvalue weighted by molar-refractivity contribution is -0.117. The van der Waals surface area contributed by atoms with E-state index in [1.54, 1.807) is 34.1 Å². The third kappa shape index (κ3) is 4.02. The molecule has 0 aromatic heterocycles. The average molecular weight is 440 g/mol. The molecule has 8 nitrogen and oxygen atoms in total. The normalized spacial score (nSPS) is 20.5. The molecule has 168 valence electrons. The molecule has 2 fully saturated rings. The second-order valence-electron chi connectivity index (χ2n) is 8.11. The van der Waals surface area contributed by atoms with Gasteiger partial charge in [0.05, 0.1) is 11.7 Å². The van der Waals surface area contributed by atoms with Crippen molar-refractivity contribution in [3.05, 3.63) is 48.3 Å². The van der Waals surface area contributed by atoms with Gasteiger partial charge in [0.25, 0.3) is 0 Å². The van der Waals surface area contributed by atoms with Crippen LogP contribution in [0.2, 0.25) is 0 Å². The van der Waals surface area contributed by atoms with Crippen LogP contribution in [0.15, 0.2) is 42.5 Å². The second kappa shape index (κ2) is 8.57. The highest BCUT2D eigenvalue weighted by Gasteiger charge is 2.33. The number of anilines is 2. The summed E-state index contributed by atoms with van der Waals surface area (Å²) in [6.07, 6.45) is 0.245. The summed E-state index contributed by atoms with van der Waals surface area (Å²) >= 11 is 0. The molecule has 0 bridgehead atoms. The van der Waals surface area contributed by atoms with Crippen LogP contribution in [0.4, 0.5) is 20.6 Å². The van der Waals surface area contributed by atoms with Crippen LogP contribution in [0.3, 0.4) is 0 Å². The van der Waals surface area contributed by atoms with Crippen molar-refractivity contribution >= 4 is 23.3 Å². The molecule has 0 aliphatic carbocycles. The lowest BCUT2D eigenvalue weighted by atomic mass is 10.2. The lowest BCUT2D eigenvalue weighted by Gasteiger charge is -2.36. The van der Waals surface area contributed by atoms with Crippen LogP contribution >= 0.6 is 0 Å². The smallest absolute Gasteiger partial charge is 0.317 e. The first-order valence-electron chi connectivity index (χ1n) is 10.8. The number of carbonyl (C=O) groups excluding carboxylic acids is 2. The Morgan fingerprint density at radius 1 is 1.00 bits per heavy atom. The predicted molar refractivity (Wildman–Crippen MR) is 117 cm³/mol. The zero-order chi connectivity index (χ0) is 22.1. The first-order valence-corrected chi connectivity index (χ1v) is 10.8. The van der Waals surface area contributed by atoms with Gasteiger partial charge in [0.15, 0.2) is 11.5 Å². The van der Waals surface area contributed by atoms with Crippen LogP contribution in [-0.2, 0) is 4.79 Å². The van der Waals surface area contributed by atoms with Gasteiger partial charge in [-0.15, -0.1) is 0 Å². The van der Waals surface area contributed by atoms with Crippen molar-refractivity contribution in [2.24, 2.45) is 0 Å². The first kappa shape index (κ1) is 20.4. The number of rotatable bonds is 3. The Balaban J connectivity index is 1.16. The lowest BCUT2D eigenvalue weighted by Crippen LogP contribution is -2.54. The standard InChI is InChI=1S/C23H25FN4O4/c24-18-3-1-2-4-19(18)26-7-9-27(10-8-26)23(30)25-16-13-22(29)28(15-16)17-5-6-20-21(14-17)32-12-11-31-20/h1-6,14,16H,7-13,15H2,(H,25,30)/t16-/m1/s1. The number of fused-ring (bicyclic) bond motifs is 1. The monoisotopic (exact) mass is 440 g/mol. The number of amides is 3. The number of nitrogens with one attached hydrogen (secondary N) is 1. The van der Waals surface area contributed by atoms with Gasteiger partial charge in [0.1, 0.15) is 19.0 Å². The molecule has 0 saturated carbocycles. The minimum atomic E-state index is -0.271. The summed E-state index contributed by atoms with van der Waals surface area (Å²) in [5.41, 5.74) is 1.29. The van der Waals surface area contributed by atoms with Crippen molar-refractivity contribution in [2.75, 3.05) is 55.7 Å². The molecule has 3 amide bonds. The molecule has 3 heterocycles. The fraction of sp³-hybridized carbons (Fsp3) is 0.391. The van der Waals surface area contributed by atoms with E-state index in [0.717, 1.165) is 5.69 Å². The molecule has 2 aromatic carbocycles. The van der Waals surface area contributed by atoms with Gasteiger partial charge in [-0.3, -0.25) is 4.79 Å². The Bertz CT molecular complexity index is 1020. The van der Waals surface area contributed by atoms with E-state index in [1.807, 2.05) is 17.0 Å². The molecule has 32 heavy (non-hydrogen) atoms. The molecule has 1 N–H and O–H groups in total. The summed E-state index contributed by atoms with van der Waals surface area (Å²) in [4.78, 5) is 30.7. The summed E-state index contributed by atoms with van der Waals surface area (Å²) in [5, 5.41) is 2.98. The Kier molecular flexibility index (Phi) is 5.46. The number of urea groups is 1. The number of para-hydroxylation sites is 1. The summed E-state index contributed by atoms with van der Waals surface area (Å²) in [5.74, 6) is 0.998. The Morgan fingerprint density at radius 3 is 2.53 bits per heavy atom. The van der Waals surface area contributed by atoms with Crippen molar-refractivity contribution in [1.29, 1.82) is 0 Å². The highest BCUT2D eigenvalue weighted by Crippen LogP contribution is 2.35. The molecule has 5 rings (SSSR count). The van der Waals surface area contributed by atoms with Crippen LogP contribution in [-0.4, -0.2) is 68.8 Å². The SMILES string of the molecule is O=C(N[C@@H]1CC(=O)N(c2ccc3c(c2)OCCO3)C1)N1CCN(c2ccccc2F)CC1. The first-order chi connectivity index (χ1) is 15.6. The largest absolute Gasteiger partial charge is 0.486 e. The van der Waals surface area contributed by atoms with E-state index in [4.69, 9.17) is 9.47 Å². The van der Waals surface area contributed by atoms with Gasteiger partial charge in [-0.2, -0.15) is 0 Å². The Hall–Kier alpha value is -3.49. The van der Waals surface area contributed by atoms with Gasteiger partial charge in [-0.1, -0.05) is 12.1 Å². The predicted octanol–water partition coefficient (Wildman–Crippen LogP) is 2.23. The molecule has 2 saturated heterocycles. The summed E-state index contributed by atoms with van der Waals surface area (Å²) in [6.45, 7) is 3.49. The quantitative estimate of drug-likeness (QED) is 0.793. The van der Waals surface area contributed by atoms with Crippen molar-refractivity contribution in [1.82, 2.24) is 10.2 Å². The minimum Gasteiger partial charge on any atom is -0.486 e. The van der Waals surface area contributed by atoms with E-state index in [-0.39, 0.29) is 30.2 Å². The average Bonchev–Trinajstić information content (AvgIpc) is 3.19. The fourth-order valence-electron chi connectivity index (χ4n) is 4.38. The van der Waals surface area contributed by atoms with E-state index in [1.165, 1.54) is 6.07 Å². The number of ether oxygens (including phenoxy) is 2. The number of halogens is 1. The van der Waals surface area contributed by atoms with E-state index < -0.39 is 0 Å². The fourth-order valence-corrected chi connectivity index (χ4v) is 4.38. The third-order valence-corrected chi connectivity index (χ3v) is 6.05. The number of hydrogen-bond donors (Lipinski definition) is 1. The molecule has 1 atom stereocenters. The van der Waals surface area contributed by atoms with Crippen LogP contribution in [0.25, 0.3) is 0 Å². The number of carbonyl (C=O) groups is 2. The Morgan fingerprint density at radius 2 is 1.75 bits per heavy atom. The highest BCUT2D eigenvalue weighted by atomic mass is 19.1. The maximum absolute atomic E-state index is 14.0. The maximum Gasteiger partial charge on any atom is 0.317 e. The molecule has 9 heteroatoms. The van der Waals surface area contributed by atoms with Crippen molar-refractivity contribution in [3.8, 4) is 11.5 Å². The molecule has 3 aliphatic rings. The zero-order valence-corrected chi connectivity index (χ0v) is 17.6. The molecular weight excluding hydrogens is 415 g/mol. The maximum atomic E-state index is 14.0. The molecule has 0 radical (unpaired) electrons. The summed E-state index contributed by atoms with van der Waals surface area (Å²) in [7, 11) is 0. The van der Waals surface area contributed by atoms with Crippen molar-refractivity contribution in [3.63, 3.8) is 0 Å². The van der Waals surface area contributed by atoms with E-state index >= 15 is 0 Å². The number of nitrogens with zero attached hydrogens (tertiary/aromatic N) is 3. The van der Waals surface area contributed by atoms with Crippen LogP contribution in [0.1, 0.15) is 6.42 Å². The van der Waals surface area contributed by atoms with Gasteiger partial charge in [0.2, 0.25) is 5.91 Å². The molecular formula is C23H25FN4O4. The second-order valence-corrected chi connectivity index (χ2v) is 8.11. The third-order valence-electron chi connectivity index (χ3n) is 6.05. The molecule has 2 aromatic rings. The summed E-state index contributed by atoms with van der Waals surface area (Å²) in [6, 6.07) is 11.6. The van der Waals surface area contributed by atoms with Crippen LogP contribution < -0.4 is 24.6 Å². The van der Waals surface area contributed by atoms with Crippen molar-refractivity contribution < 1.29 is 23.5 Å². The van der Waals surface area contributed by atoms with Gasteiger partial charge in [0, 0.05) is 50.9 Å². The van der Waals surface area contributed by atoms with Gasteiger partial charge < -0.3 is 29.5 Å². The minimum absolute atomic E-state index is 0.0450. The number of hydrogen-bond acceptors (Lipinski definition) is 5. The molecule has 0 spiro atoms. The molecule has 0 unspecified atom stereocenters. The highest BCUT2D eigenvalue weighted by molar-refractivity contribution is 5.97. The van der Waals surface area contributed by atoms with E-state index in [0.29, 0.717) is 63.1 Å². The summed E-state index contributed by atoms with van der Waals surface area (Å²) < 4.78 is 25.2. The number of piperazine rings is 1. The van der Waals surface area contributed by atoms with Crippen molar-refractivity contribution in [2.45, 2.75) is 12.5 Å². The van der Waals surface area contributed by atoms with Gasteiger partial charge in [-0.05, 0) is 24.3 Å². The zero-order valence-electron chi connectivity index (χ0n) is 17.6. The van der Waals surface area contributed by atoms with Crippen LogP contribution in [0, 0.1) is 5.82 Å². The van der Waals surface area contributed by atoms with Gasteiger partial charge in [-0.25, -0.2) is 9.18 Å². The molecule has 3 aliphatic heterocycles. The van der Waals surface area contributed by atoms with E-state index in [2.05, 4.69) is 5.32 Å². The van der Waals surface area contributed by atoms with Gasteiger partial charge >= 0.3 is 6.03 Å². The Labute approximate surface area is 185 Å². The number of benzene rings is 2. The van der Waals surface area contributed by atoms with E-state index in [9.17, 15) is 14.0 Å². The topological polar surface area (TPSA) is 74.3 Å².